The van der Waals surface area contributed by atoms with Crippen LogP contribution in [0.5, 0.6) is 11.5 Å². The summed E-state index contributed by atoms with van der Waals surface area (Å²) in [6.45, 7) is 0.535. The molecule has 0 fully saturated rings. The smallest absolute Gasteiger partial charge is 0.187 e. The molecule has 0 aliphatic carbocycles. The lowest BCUT2D eigenvalue weighted by Crippen LogP contribution is -2.02. The predicted molar refractivity (Wildman–Crippen MR) is 77.4 cm³/mol. The van der Waals surface area contributed by atoms with Gasteiger partial charge >= 0.3 is 0 Å². The van der Waals surface area contributed by atoms with Gasteiger partial charge < -0.3 is 9.47 Å². The second-order valence-corrected chi connectivity index (χ2v) is 4.21. The fraction of sp³-hybridized carbons (Fsp3) is 0.176. The van der Waals surface area contributed by atoms with Crippen molar-refractivity contribution >= 4 is 5.94 Å². The first kappa shape index (κ1) is 13.9. The molecule has 0 saturated carbocycles. The lowest BCUT2D eigenvalue weighted by Gasteiger charge is -2.08. The van der Waals surface area contributed by atoms with Gasteiger partial charge in [0.05, 0.1) is 6.61 Å². The lowest BCUT2D eigenvalue weighted by atomic mass is 10.3. The van der Waals surface area contributed by atoms with Crippen molar-refractivity contribution in [1.29, 1.82) is 0 Å². The zero-order valence-electron chi connectivity index (χ0n) is 11.1. The van der Waals surface area contributed by atoms with E-state index in [0.29, 0.717) is 31.0 Å². The lowest BCUT2D eigenvalue weighted by molar-refractivity contribution is 0.299. The molecule has 0 saturated heterocycles. The Morgan fingerprint density at radius 3 is 2.10 bits per heavy atom. The largest absolute Gasteiger partial charge is 0.494 e. The van der Waals surface area contributed by atoms with Crippen molar-refractivity contribution in [3.05, 3.63) is 66.4 Å². The van der Waals surface area contributed by atoms with Gasteiger partial charge in [0.25, 0.3) is 0 Å². The van der Waals surface area contributed by atoms with Crippen molar-refractivity contribution < 1.29 is 14.3 Å². The third-order valence-electron chi connectivity index (χ3n) is 2.66. The van der Waals surface area contributed by atoms with Crippen LogP contribution in [0.2, 0.25) is 0 Å². The summed E-state index contributed by atoms with van der Waals surface area (Å²) in [7, 11) is 0. The maximum Gasteiger partial charge on any atom is 0.187 e. The molecule has 0 bridgehead atoms. The number of para-hydroxylation sites is 2. The monoisotopic (exact) mass is 268 g/mol. The Kier molecular flexibility index (Phi) is 5.44. The van der Waals surface area contributed by atoms with Gasteiger partial charge in [-0.1, -0.05) is 36.4 Å². The van der Waals surface area contributed by atoms with Crippen molar-refractivity contribution in [3.63, 3.8) is 0 Å². The van der Waals surface area contributed by atoms with Gasteiger partial charge in [0.15, 0.2) is 11.7 Å². The molecule has 0 radical (unpaired) electrons. The molecule has 0 unspecified atom stereocenters. The van der Waals surface area contributed by atoms with Crippen LogP contribution >= 0.6 is 0 Å². The average molecular weight is 268 g/mol. The van der Waals surface area contributed by atoms with Crippen LogP contribution in [0.1, 0.15) is 12.8 Å². The van der Waals surface area contributed by atoms with Crippen LogP contribution in [0.3, 0.4) is 0 Å². The molecular weight excluding hydrogens is 252 g/mol. The van der Waals surface area contributed by atoms with Crippen molar-refractivity contribution in [1.82, 2.24) is 0 Å². The van der Waals surface area contributed by atoms with Gasteiger partial charge in [-0.15, -0.1) is 0 Å². The fourth-order valence-corrected chi connectivity index (χ4v) is 1.69. The number of hydrogen-bond donors (Lipinski definition) is 0. The topological polar surface area (TPSA) is 35.5 Å². The van der Waals surface area contributed by atoms with Crippen molar-refractivity contribution in [2.45, 2.75) is 12.8 Å². The minimum Gasteiger partial charge on any atom is -0.494 e. The molecule has 102 valence electrons. The molecule has 0 atom stereocenters. The highest BCUT2D eigenvalue weighted by molar-refractivity contribution is 5.50. The number of benzene rings is 2. The summed E-state index contributed by atoms with van der Waals surface area (Å²) in [5, 5.41) is 0. The number of allylic oxidation sites excluding steroid dienone is 1. The van der Waals surface area contributed by atoms with Crippen LogP contribution in [0.25, 0.3) is 0 Å². The van der Waals surface area contributed by atoms with Crippen LogP contribution in [-0.4, -0.2) is 12.5 Å². The van der Waals surface area contributed by atoms with E-state index in [1.54, 1.807) is 12.1 Å². The van der Waals surface area contributed by atoms with Crippen molar-refractivity contribution in [2.75, 3.05) is 6.61 Å². The van der Waals surface area contributed by atoms with Crippen molar-refractivity contribution in [3.8, 4) is 11.5 Å². The predicted octanol–water partition coefficient (Wildman–Crippen LogP) is 3.64. The second kappa shape index (κ2) is 7.82. The molecule has 0 spiro atoms. The molecule has 0 N–H and O–H groups in total. The summed E-state index contributed by atoms with van der Waals surface area (Å²) < 4.78 is 11.0. The van der Waals surface area contributed by atoms with E-state index >= 15 is 0 Å². The molecular formula is C17H16O3. The Labute approximate surface area is 118 Å². The van der Waals surface area contributed by atoms with E-state index in [4.69, 9.17) is 9.47 Å². The minimum absolute atomic E-state index is 0.299. The first-order chi connectivity index (χ1) is 9.88. The Bertz CT molecular complexity index is 557. The van der Waals surface area contributed by atoms with E-state index in [9.17, 15) is 4.79 Å². The number of rotatable bonds is 7. The molecule has 3 heteroatoms. The Morgan fingerprint density at radius 1 is 0.900 bits per heavy atom. The maximum absolute atomic E-state index is 10.8. The Morgan fingerprint density at radius 2 is 1.50 bits per heavy atom. The molecule has 2 rings (SSSR count). The van der Waals surface area contributed by atoms with Crippen LogP contribution in [0.15, 0.2) is 66.4 Å². The van der Waals surface area contributed by atoms with Gasteiger partial charge in [0.2, 0.25) is 0 Å². The van der Waals surface area contributed by atoms with Crippen LogP contribution < -0.4 is 9.47 Å². The number of carbonyl (C=O) groups excluding carboxylic acids is 1. The highest BCUT2D eigenvalue weighted by atomic mass is 16.5. The molecule has 2 aromatic carbocycles. The summed E-state index contributed by atoms with van der Waals surface area (Å²) in [6, 6.07) is 18.8. The second-order valence-electron chi connectivity index (χ2n) is 4.21. The first-order valence-corrected chi connectivity index (χ1v) is 6.53. The molecule has 0 aliphatic rings. The summed E-state index contributed by atoms with van der Waals surface area (Å²) in [5.41, 5.74) is 0. The minimum atomic E-state index is 0.299. The average Bonchev–Trinajstić information content (AvgIpc) is 2.52. The third-order valence-corrected chi connectivity index (χ3v) is 2.66. The molecule has 2 aromatic rings. The van der Waals surface area contributed by atoms with E-state index in [2.05, 4.69) is 0 Å². The highest BCUT2D eigenvalue weighted by Crippen LogP contribution is 2.15. The van der Waals surface area contributed by atoms with Gasteiger partial charge in [-0.05, 0) is 30.7 Å². The van der Waals surface area contributed by atoms with E-state index in [1.165, 1.54) is 0 Å². The standard InChI is InChI=1S/C17H16O3/c18-14-17(20-16-10-5-2-6-11-16)12-7-13-19-15-8-3-1-4-9-15/h1-6,8-11H,7,12-13H2. The van der Waals surface area contributed by atoms with E-state index in [-0.39, 0.29) is 0 Å². The summed E-state index contributed by atoms with van der Waals surface area (Å²) in [4.78, 5) is 10.8. The van der Waals surface area contributed by atoms with Crippen LogP contribution in [-0.2, 0) is 4.79 Å². The Balaban J connectivity index is 1.74. The van der Waals surface area contributed by atoms with Gasteiger partial charge in [-0.3, -0.25) is 0 Å². The highest BCUT2D eigenvalue weighted by Gasteiger charge is 2.02. The zero-order chi connectivity index (χ0) is 14.0. The van der Waals surface area contributed by atoms with Crippen LogP contribution in [0.4, 0.5) is 0 Å². The van der Waals surface area contributed by atoms with Gasteiger partial charge in [-0.2, -0.15) is 0 Å². The molecule has 0 aromatic heterocycles. The first-order valence-electron chi connectivity index (χ1n) is 6.53. The SMILES string of the molecule is O=C=C(CCCOc1ccccc1)Oc1ccccc1. The molecule has 20 heavy (non-hydrogen) atoms. The van der Waals surface area contributed by atoms with Gasteiger partial charge in [0, 0.05) is 6.42 Å². The van der Waals surface area contributed by atoms with Crippen LogP contribution in [0, 0.1) is 0 Å². The van der Waals surface area contributed by atoms with E-state index < -0.39 is 0 Å². The molecule has 0 heterocycles. The zero-order valence-corrected chi connectivity index (χ0v) is 11.1. The quantitative estimate of drug-likeness (QED) is 0.437. The summed E-state index contributed by atoms with van der Waals surface area (Å²) in [6.07, 6.45) is 1.21. The summed E-state index contributed by atoms with van der Waals surface area (Å²) in [5.74, 6) is 3.61. The Hall–Kier alpha value is -2.51. The van der Waals surface area contributed by atoms with E-state index in [1.807, 2.05) is 54.5 Å². The molecule has 0 amide bonds. The number of hydrogen-bond acceptors (Lipinski definition) is 3. The van der Waals surface area contributed by atoms with Gasteiger partial charge in [-0.25, -0.2) is 4.79 Å². The molecule has 3 nitrogen and oxygen atoms in total. The fourth-order valence-electron chi connectivity index (χ4n) is 1.69. The molecule has 0 aliphatic heterocycles. The van der Waals surface area contributed by atoms with Gasteiger partial charge in [0.1, 0.15) is 11.5 Å². The summed E-state index contributed by atoms with van der Waals surface area (Å²) >= 11 is 0. The van der Waals surface area contributed by atoms with E-state index in [0.717, 1.165) is 5.75 Å². The number of ether oxygens (including phenoxy) is 2. The third kappa shape index (κ3) is 4.63. The maximum atomic E-state index is 10.8. The van der Waals surface area contributed by atoms with Crippen molar-refractivity contribution in [2.24, 2.45) is 0 Å². The normalized spacial score (nSPS) is 9.60.